The van der Waals surface area contributed by atoms with Crippen LogP contribution in [-0.2, 0) is 4.79 Å². The Labute approximate surface area is 105 Å². The summed E-state index contributed by atoms with van der Waals surface area (Å²) in [5.74, 6) is 1.07. The molecule has 96 valence electrons. The van der Waals surface area contributed by atoms with Gasteiger partial charge in [0.05, 0.1) is 0 Å². The number of hydrogen-bond donors (Lipinski definition) is 0. The zero-order valence-electron chi connectivity index (χ0n) is 11.7. The van der Waals surface area contributed by atoms with Crippen LogP contribution in [0.25, 0.3) is 0 Å². The maximum Gasteiger partial charge on any atom is 0.250 e. The van der Waals surface area contributed by atoms with Crippen molar-refractivity contribution in [1.82, 2.24) is 4.90 Å². The fourth-order valence-electron chi connectivity index (χ4n) is 3.12. The molecular formula is C15H25NO. The van der Waals surface area contributed by atoms with Crippen molar-refractivity contribution in [2.75, 3.05) is 13.1 Å². The Morgan fingerprint density at radius 3 is 2.65 bits per heavy atom. The van der Waals surface area contributed by atoms with Crippen LogP contribution in [0.5, 0.6) is 0 Å². The Balaban J connectivity index is 2.09. The van der Waals surface area contributed by atoms with Gasteiger partial charge in [-0.25, -0.2) is 0 Å². The maximum absolute atomic E-state index is 12.2. The average molecular weight is 235 g/mol. The van der Waals surface area contributed by atoms with Crippen LogP contribution in [0.1, 0.15) is 53.4 Å². The van der Waals surface area contributed by atoms with Gasteiger partial charge >= 0.3 is 0 Å². The van der Waals surface area contributed by atoms with Crippen molar-refractivity contribution in [1.29, 1.82) is 0 Å². The van der Waals surface area contributed by atoms with Crippen molar-refractivity contribution >= 4 is 5.91 Å². The molecule has 1 amide bonds. The van der Waals surface area contributed by atoms with Gasteiger partial charge in [0.2, 0.25) is 5.91 Å². The quantitative estimate of drug-likeness (QED) is 0.718. The molecule has 0 unspecified atom stereocenters. The van der Waals surface area contributed by atoms with Crippen LogP contribution in [0.3, 0.4) is 0 Å². The van der Waals surface area contributed by atoms with Crippen molar-refractivity contribution in [2.45, 2.75) is 53.4 Å². The first-order valence-corrected chi connectivity index (χ1v) is 6.93. The Morgan fingerprint density at radius 1 is 1.35 bits per heavy atom. The third-order valence-electron chi connectivity index (χ3n) is 4.31. The first-order valence-electron chi connectivity index (χ1n) is 6.93. The highest BCUT2D eigenvalue weighted by molar-refractivity contribution is 5.97. The van der Waals surface area contributed by atoms with Gasteiger partial charge in [-0.1, -0.05) is 27.7 Å². The van der Waals surface area contributed by atoms with Crippen molar-refractivity contribution < 1.29 is 4.79 Å². The van der Waals surface area contributed by atoms with E-state index in [9.17, 15) is 4.79 Å². The van der Waals surface area contributed by atoms with Gasteiger partial charge in [-0.05, 0) is 42.6 Å². The molecule has 1 heterocycles. The van der Waals surface area contributed by atoms with E-state index in [-0.39, 0.29) is 0 Å². The summed E-state index contributed by atoms with van der Waals surface area (Å²) in [5.41, 5.74) is 2.97. The van der Waals surface area contributed by atoms with E-state index in [0.717, 1.165) is 43.8 Å². The molecule has 0 aromatic heterocycles. The lowest BCUT2D eigenvalue weighted by Gasteiger charge is -2.34. The van der Waals surface area contributed by atoms with E-state index in [1.54, 1.807) is 0 Å². The molecule has 0 aromatic carbocycles. The molecule has 0 radical (unpaired) electrons. The second-order valence-electron chi connectivity index (χ2n) is 6.61. The number of carbonyl (C=O) groups excluding carboxylic acids is 1. The molecule has 2 rings (SSSR count). The minimum Gasteiger partial charge on any atom is -0.335 e. The minimum atomic E-state index is 0.328. The molecule has 0 saturated carbocycles. The Bertz CT molecular complexity index is 348. The second-order valence-corrected chi connectivity index (χ2v) is 6.61. The van der Waals surface area contributed by atoms with E-state index in [0.29, 0.717) is 11.3 Å². The smallest absolute Gasteiger partial charge is 0.250 e. The van der Waals surface area contributed by atoms with Gasteiger partial charge in [0.15, 0.2) is 0 Å². The fraction of sp³-hybridized carbons (Fsp3) is 0.800. The lowest BCUT2D eigenvalue weighted by molar-refractivity contribution is -0.125. The maximum atomic E-state index is 12.2. The van der Waals surface area contributed by atoms with Gasteiger partial charge in [0.1, 0.15) is 0 Å². The summed E-state index contributed by atoms with van der Waals surface area (Å²) in [7, 11) is 0. The molecule has 0 bridgehead atoms. The van der Waals surface area contributed by atoms with E-state index in [1.807, 2.05) is 4.90 Å². The molecule has 0 fully saturated rings. The van der Waals surface area contributed by atoms with Crippen LogP contribution in [0.15, 0.2) is 11.1 Å². The van der Waals surface area contributed by atoms with Crippen LogP contribution in [0.2, 0.25) is 0 Å². The van der Waals surface area contributed by atoms with Gasteiger partial charge < -0.3 is 4.90 Å². The molecular weight excluding hydrogens is 210 g/mol. The van der Waals surface area contributed by atoms with Gasteiger partial charge in [-0.2, -0.15) is 0 Å². The molecule has 17 heavy (non-hydrogen) atoms. The normalized spacial score (nSPS) is 25.5. The van der Waals surface area contributed by atoms with E-state index in [4.69, 9.17) is 0 Å². The lowest BCUT2D eigenvalue weighted by Crippen LogP contribution is -2.27. The van der Waals surface area contributed by atoms with Crippen LogP contribution in [0.4, 0.5) is 0 Å². The Kier molecular flexibility index (Phi) is 3.33. The number of hydrogen-bond acceptors (Lipinski definition) is 1. The summed E-state index contributed by atoms with van der Waals surface area (Å²) >= 11 is 0. The van der Waals surface area contributed by atoms with E-state index >= 15 is 0 Å². The summed E-state index contributed by atoms with van der Waals surface area (Å²) < 4.78 is 0. The third-order valence-corrected chi connectivity index (χ3v) is 4.31. The van der Waals surface area contributed by atoms with Crippen molar-refractivity contribution in [3.63, 3.8) is 0 Å². The molecule has 2 heteroatoms. The molecule has 1 aliphatic carbocycles. The third kappa shape index (κ3) is 2.41. The SMILES string of the molecule is CCCN1CC2=C(CC[C@H](C(C)(C)C)C2)C1=O. The predicted octanol–water partition coefficient (Wildman–Crippen LogP) is 3.38. The van der Waals surface area contributed by atoms with Gasteiger partial charge in [0, 0.05) is 18.7 Å². The van der Waals surface area contributed by atoms with Gasteiger partial charge in [-0.15, -0.1) is 0 Å². The predicted molar refractivity (Wildman–Crippen MR) is 70.7 cm³/mol. The van der Waals surface area contributed by atoms with E-state index in [1.165, 1.54) is 12.0 Å². The van der Waals surface area contributed by atoms with Crippen molar-refractivity contribution in [2.24, 2.45) is 11.3 Å². The Hall–Kier alpha value is -0.790. The molecule has 2 aliphatic rings. The fourth-order valence-corrected chi connectivity index (χ4v) is 3.12. The molecule has 0 saturated heterocycles. The number of nitrogens with zero attached hydrogens (tertiary/aromatic N) is 1. The lowest BCUT2D eigenvalue weighted by atomic mass is 9.71. The summed E-state index contributed by atoms with van der Waals surface area (Å²) in [5, 5.41) is 0. The van der Waals surface area contributed by atoms with Crippen molar-refractivity contribution in [3.05, 3.63) is 11.1 Å². The van der Waals surface area contributed by atoms with Crippen LogP contribution in [0, 0.1) is 11.3 Å². The number of amides is 1. The Morgan fingerprint density at radius 2 is 2.06 bits per heavy atom. The van der Waals surface area contributed by atoms with E-state index < -0.39 is 0 Å². The zero-order chi connectivity index (χ0) is 12.6. The largest absolute Gasteiger partial charge is 0.335 e. The minimum absolute atomic E-state index is 0.328. The van der Waals surface area contributed by atoms with Crippen LogP contribution >= 0.6 is 0 Å². The zero-order valence-corrected chi connectivity index (χ0v) is 11.7. The number of rotatable bonds is 2. The molecule has 1 aliphatic heterocycles. The van der Waals surface area contributed by atoms with Crippen LogP contribution < -0.4 is 0 Å². The highest BCUT2D eigenvalue weighted by Crippen LogP contribution is 2.42. The topological polar surface area (TPSA) is 20.3 Å². The second kappa shape index (κ2) is 4.47. The first-order chi connectivity index (χ1) is 7.93. The number of carbonyl (C=O) groups is 1. The monoisotopic (exact) mass is 235 g/mol. The molecule has 0 spiro atoms. The highest BCUT2D eigenvalue weighted by Gasteiger charge is 2.37. The summed E-state index contributed by atoms with van der Waals surface area (Å²) in [4.78, 5) is 14.2. The van der Waals surface area contributed by atoms with Crippen LogP contribution in [-0.4, -0.2) is 23.9 Å². The molecule has 1 atom stereocenters. The van der Waals surface area contributed by atoms with Gasteiger partial charge in [0.25, 0.3) is 0 Å². The summed E-state index contributed by atoms with van der Waals surface area (Å²) in [6.45, 7) is 10.9. The molecule has 0 N–H and O–H groups in total. The van der Waals surface area contributed by atoms with E-state index in [2.05, 4.69) is 27.7 Å². The van der Waals surface area contributed by atoms with Crippen molar-refractivity contribution in [3.8, 4) is 0 Å². The average Bonchev–Trinajstić information content (AvgIpc) is 2.55. The van der Waals surface area contributed by atoms with Gasteiger partial charge in [-0.3, -0.25) is 4.79 Å². The summed E-state index contributed by atoms with van der Waals surface area (Å²) in [6.07, 6.45) is 4.41. The molecule has 2 nitrogen and oxygen atoms in total. The summed E-state index contributed by atoms with van der Waals surface area (Å²) in [6, 6.07) is 0. The standard InChI is InChI=1S/C15H25NO/c1-5-8-16-10-11-9-12(15(2,3)4)6-7-13(11)14(16)17/h12H,5-10H2,1-4H3/t12-/m0/s1. The molecule has 0 aromatic rings. The first kappa shape index (κ1) is 12.7. The highest BCUT2D eigenvalue weighted by atomic mass is 16.2.